The van der Waals surface area contributed by atoms with Gasteiger partial charge in [-0.05, 0) is 17.7 Å². The Hall–Kier alpha value is -2.98. The summed E-state index contributed by atoms with van der Waals surface area (Å²) in [5.41, 5.74) is 2.05. The molecule has 0 bridgehead atoms. The quantitative estimate of drug-likeness (QED) is 0.151. The van der Waals surface area contributed by atoms with Crippen molar-refractivity contribution in [1.82, 2.24) is 14.5 Å². The van der Waals surface area contributed by atoms with Crippen molar-refractivity contribution in [1.29, 1.82) is 0 Å². The van der Waals surface area contributed by atoms with Gasteiger partial charge in [0.1, 0.15) is 42.2 Å². The number of aromatic nitrogens is 3. The molecule has 47 heavy (non-hydrogen) atoms. The second-order valence-corrected chi connectivity index (χ2v) is 21.9. The summed E-state index contributed by atoms with van der Waals surface area (Å²) in [5.74, 6) is -1.64. The molecule has 2 aromatic heterocycles. The molecule has 0 spiro atoms. The molecule has 0 unspecified atom stereocenters. The zero-order chi connectivity index (χ0) is 33.7. The first-order valence-electron chi connectivity index (χ1n) is 15.2. The van der Waals surface area contributed by atoms with Gasteiger partial charge in [-0.25, -0.2) is 18.0 Å². The molecule has 252 valence electrons. The largest absolute Gasteiger partial charge is 0.456 e. The second kappa shape index (κ2) is 13.1. The molecule has 2 aliphatic rings. The summed E-state index contributed by atoms with van der Waals surface area (Å²) in [6.45, 7) is 7.90. The minimum absolute atomic E-state index is 0.0299. The van der Waals surface area contributed by atoms with E-state index < -0.39 is 53.9 Å². The highest BCUT2D eigenvalue weighted by Gasteiger charge is 2.49. The van der Waals surface area contributed by atoms with Crippen molar-refractivity contribution in [3.63, 3.8) is 0 Å². The minimum Gasteiger partial charge on any atom is -0.456 e. The molecule has 15 heteroatoms. The van der Waals surface area contributed by atoms with Crippen LogP contribution in [0.5, 0.6) is 6.01 Å². The minimum atomic E-state index is -2.59. The van der Waals surface area contributed by atoms with E-state index in [-0.39, 0.29) is 37.2 Å². The van der Waals surface area contributed by atoms with Crippen molar-refractivity contribution < 1.29 is 37.0 Å². The third-order valence-corrected chi connectivity index (χ3v) is 10.5. The van der Waals surface area contributed by atoms with Gasteiger partial charge in [-0.3, -0.25) is 4.57 Å². The van der Waals surface area contributed by atoms with E-state index in [1.54, 1.807) is 34.9 Å². The fourth-order valence-corrected chi connectivity index (χ4v) is 7.19. The van der Waals surface area contributed by atoms with Gasteiger partial charge in [-0.1, -0.05) is 55.5 Å². The van der Waals surface area contributed by atoms with Gasteiger partial charge in [0.15, 0.2) is 11.8 Å². The van der Waals surface area contributed by atoms with Crippen LogP contribution in [-0.4, -0.2) is 88.7 Å². The highest BCUT2D eigenvalue weighted by molar-refractivity contribution is 7.92. The first kappa shape index (κ1) is 33.9. The lowest BCUT2D eigenvalue weighted by atomic mass is 10.0. The van der Waals surface area contributed by atoms with Crippen LogP contribution in [0.15, 0.2) is 46.8 Å². The number of imidazole rings is 1. The molecule has 2 aromatic carbocycles. The van der Waals surface area contributed by atoms with Gasteiger partial charge in [0.05, 0.1) is 35.2 Å². The summed E-state index contributed by atoms with van der Waals surface area (Å²) in [4.78, 5) is 9.53. The Morgan fingerprint density at radius 2 is 1.70 bits per heavy atom. The highest BCUT2D eigenvalue weighted by Crippen LogP contribution is 2.36. The molecule has 0 saturated carbocycles. The monoisotopic (exact) mass is 706 g/mol. The van der Waals surface area contributed by atoms with Crippen LogP contribution in [0.2, 0.25) is 30.7 Å². The van der Waals surface area contributed by atoms with Gasteiger partial charge < -0.3 is 24.1 Å². The second-order valence-electron chi connectivity index (χ2n) is 13.3. The molecule has 0 aliphatic carbocycles. The molecule has 0 radical (unpaired) electrons. The number of aliphatic hydroxyl groups excluding tert-OH is 1. The Labute approximate surface area is 278 Å². The molecule has 4 aromatic rings. The van der Waals surface area contributed by atoms with Gasteiger partial charge in [0, 0.05) is 54.6 Å². The fraction of sp³-hybridized carbons (Fsp3) is 0.438. The predicted octanol–water partition coefficient (Wildman–Crippen LogP) is 6.27. The molecule has 2 aliphatic heterocycles. The number of hydrogen-bond donors (Lipinski definition) is 1. The lowest BCUT2D eigenvalue weighted by Crippen LogP contribution is -2.35. The van der Waals surface area contributed by atoms with Crippen LogP contribution in [0.1, 0.15) is 0 Å². The van der Waals surface area contributed by atoms with Crippen LogP contribution in [0.25, 0.3) is 33.5 Å². The third kappa shape index (κ3) is 7.53. The Bertz CT molecular complexity index is 1900. The summed E-state index contributed by atoms with van der Waals surface area (Å²) in [6, 6.07) is 11.6. The Morgan fingerprint density at radius 3 is 2.36 bits per heavy atom. The summed E-state index contributed by atoms with van der Waals surface area (Å²) in [6.07, 6.45) is 0.681. The maximum absolute atomic E-state index is 15.0. The van der Waals surface area contributed by atoms with Crippen LogP contribution < -0.4 is 4.74 Å². The Balaban J connectivity index is 1.32. The number of pyridine rings is 1. The van der Waals surface area contributed by atoms with Crippen LogP contribution in [0.3, 0.4) is 0 Å². The van der Waals surface area contributed by atoms with Crippen molar-refractivity contribution in [3.8, 4) is 28.4 Å². The Morgan fingerprint density at radius 1 is 1.04 bits per heavy atom. The maximum Gasteiger partial charge on any atom is 0.301 e. The number of hydrogen-bond acceptors (Lipinski definition) is 9. The number of rotatable bonds is 10. The summed E-state index contributed by atoms with van der Waals surface area (Å²) in [7, 11) is -3.93. The van der Waals surface area contributed by atoms with Gasteiger partial charge in [-0.15, -0.1) is 0 Å². The number of halogens is 3. The van der Waals surface area contributed by atoms with E-state index >= 15 is 8.78 Å². The van der Waals surface area contributed by atoms with Crippen LogP contribution >= 0.6 is 11.6 Å². The smallest absolute Gasteiger partial charge is 0.301 e. The van der Waals surface area contributed by atoms with E-state index in [9.17, 15) is 9.32 Å². The third-order valence-electron chi connectivity index (χ3n) is 7.89. The molecule has 2 fully saturated rings. The predicted molar refractivity (Wildman–Crippen MR) is 179 cm³/mol. The van der Waals surface area contributed by atoms with E-state index in [1.165, 1.54) is 12.5 Å². The molecular formula is C32H37ClF2N4O6SSi. The molecule has 1 N–H and O–H groups in total. The zero-order valence-corrected chi connectivity index (χ0v) is 29.3. The molecule has 4 atom stereocenters. The fourth-order valence-electron chi connectivity index (χ4n) is 5.56. The molecule has 0 amide bonds. The van der Waals surface area contributed by atoms with Crippen LogP contribution in [0, 0.1) is 11.6 Å². The standard InChI is InChI=1S/C32H37ClF2N4O6SSi/c1-46(2,41)38-20-12-22(34)27(23(35)13-20)18-6-8-19(9-7-18)28-21(33)14-24-31(37-28)39(17-42-10-11-47(3,4)5)32(36-24)45-26-16-44-29-25(40)15-43-30(26)29/h6-9,12-14,25-26,29-30,40H,10-11,15-17H2,1-5H3/t25-,26-,29-,30-/m1/s1. The SMILES string of the molecule is C[Si](C)(C)CCOCn1c(O[C@@H]2CO[C@H]3[C@@H]2OC[C@H]3O)nc2cc(Cl)c(-c3ccc(-c4c(F)cc(N=S(C)(C)=O)cc4F)cc3)nc21. The van der Waals surface area contributed by atoms with Crippen molar-refractivity contribution in [3.05, 3.63) is 59.1 Å². The number of nitrogens with zero attached hydrogens (tertiary/aromatic N) is 4. The van der Waals surface area contributed by atoms with E-state index in [2.05, 4.69) is 29.0 Å². The topological polar surface area (TPSA) is 117 Å². The first-order valence-corrected chi connectivity index (χ1v) is 21.6. The van der Waals surface area contributed by atoms with Crippen molar-refractivity contribution in [2.24, 2.45) is 4.36 Å². The normalized spacial score (nSPS) is 21.4. The lowest BCUT2D eigenvalue weighted by molar-refractivity contribution is 0.00336. The average molecular weight is 707 g/mol. The van der Waals surface area contributed by atoms with Gasteiger partial charge >= 0.3 is 6.01 Å². The zero-order valence-electron chi connectivity index (χ0n) is 26.7. The maximum atomic E-state index is 15.0. The summed E-state index contributed by atoms with van der Waals surface area (Å²) < 4.78 is 71.5. The molecular weight excluding hydrogens is 670 g/mol. The molecule has 4 heterocycles. The summed E-state index contributed by atoms with van der Waals surface area (Å²) in [5, 5.41) is 10.5. The van der Waals surface area contributed by atoms with Crippen LogP contribution in [0.4, 0.5) is 14.5 Å². The lowest BCUT2D eigenvalue weighted by Gasteiger charge is -2.19. The molecule has 10 nitrogen and oxygen atoms in total. The first-order chi connectivity index (χ1) is 22.2. The highest BCUT2D eigenvalue weighted by atomic mass is 35.5. The average Bonchev–Trinajstić information content (AvgIpc) is 3.64. The van der Waals surface area contributed by atoms with E-state index in [0.717, 1.165) is 18.2 Å². The van der Waals surface area contributed by atoms with Gasteiger partial charge in [0.25, 0.3) is 0 Å². The molecule has 6 rings (SSSR count). The number of aliphatic hydroxyl groups is 1. The van der Waals surface area contributed by atoms with Crippen molar-refractivity contribution >= 4 is 46.3 Å². The van der Waals surface area contributed by atoms with E-state index in [0.29, 0.717) is 39.6 Å². The number of benzene rings is 2. The van der Waals surface area contributed by atoms with Crippen LogP contribution in [-0.2, 0) is 30.7 Å². The number of fused-ring (bicyclic) bond motifs is 2. The Kier molecular flexibility index (Phi) is 9.48. The molecule has 2 saturated heterocycles. The van der Waals surface area contributed by atoms with E-state index in [4.69, 9.17) is 35.5 Å². The van der Waals surface area contributed by atoms with Crippen molar-refractivity contribution in [2.75, 3.05) is 32.3 Å². The van der Waals surface area contributed by atoms with Crippen molar-refractivity contribution in [2.45, 2.75) is 56.8 Å². The van der Waals surface area contributed by atoms with Gasteiger partial charge in [-0.2, -0.15) is 9.35 Å². The summed E-state index contributed by atoms with van der Waals surface area (Å²) >= 11 is 6.71. The van der Waals surface area contributed by atoms with E-state index in [1.807, 2.05) is 0 Å². The van der Waals surface area contributed by atoms with Gasteiger partial charge in [0.2, 0.25) is 0 Å². The number of ether oxygens (including phenoxy) is 4.